The fourth-order valence-electron chi connectivity index (χ4n) is 4.91. The minimum absolute atomic E-state index is 0.00570. The molecule has 0 fully saturated rings. The Bertz CT molecular complexity index is 1360. The second-order valence-electron chi connectivity index (χ2n) is 8.94. The number of non-ortho nitro benzene ring substituents is 1. The van der Waals surface area contributed by atoms with Crippen molar-refractivity contribution in [2.45, 2.75) is 26.7 Å². The molecule has 2 aliphatic carbocycles. The van der Waals surface area contributed by atoms with Crippen molar-refractivity contribution in [1.82, 2.24) is 0 Å². The quantitative estimate of drug-likeness (QED) is 0.304. The van der Waals surface area contributed by atoms with Crippen molar-refractivity contribution in [3.05, 3.63) is 87.5 Å². The number of nitrogens with two attached hydrogens (primary N) is 1. The lowest BCUT2D eigenvalue weighted by Crippen LogP contribution is -2.24. The lowest BCUT2D eigenvalue weighted by molar-refractivity contribution is -0.384. The number of nitrogens with zero attached hydrogens (tertiary/aromatic N) is 1. The molecule has 154 valence electrons. The predicted octanol–water partition coefficient (Wildman–Crippen LogP) is 6.32. The van der Waals surface area contributed by atoms with Crippen LogP contribution in [0.25, 0.3) is 27.5 Å². The molecular weight excluding hydrogens is 388 g/mol. The third-order valence-corrected chi connectivity index (χ3v) is 6.47. The van der Waals surface area contributed by atoms with E-state index in [0.29, 0.717) is 23.2 Å². The van der Waals surface area contributed by atoms with Crippen molar-refractivity contribution < 1.29 is 9.72 Å². The predicted molar refractivity (Wildman–Crippen MR) is 124 cm³/mol. The second kappa shape index (κ2) is 6.64. The van der Waals surface area contributed by atoms with Crippen LogP contribution in [0.2, 0.25) is 0 Å². The van der Waals surface area contributed by atoms with E-state index in [1.54, 1.807) is 12.1 Å². The van der Waals surface area contributed by atoms with E-state index in [-0.39, 0.29) is 16.9 Å². The van der Waals surface area contributed by atoms with E-state index in [2.05, 4.69) is 26.0 Å². The minimum atomic E-state index is -0.412. The molecule has 0 saturated carbocycles. The van der Waals surface area contributed by atoms with Crippen LogP contribution in [0.3, 0.4) is 0 Å². The lowest BCUT2D eigenvalue weighted by Gasteiger charge is -2.35. The van der Waals surface area contributed by atoms with Crippen LogP contribution in [-0.2, 0) is 0 Å². The van der Waals surface area contributed by atoms with Gasteiger partial charge >= 0.3 is 0 Å². The van der Waals surface area contributed by atoms with E-state index in [0.717, 1.165) is 33.9 Å². The van der Waals surface area contributed by atoms with Crippen molar-refractivity contribution in [2.24, 2.45) is 5.41 Å². The van der Waals surface area contributed by atoms with E-state index >= 15 is 0 Å². The van der Waals surface area contributed by atoms with Crippen LogP contribution in [0.4, 0.5) is 11.4 Å². The molecule has 0 unspecified atom stereocenters. The maximum Gasteiger partial charge on any atom is 0.270 e. The molecule has 5 heteroatoms. The van der Waals surface area contributed by atoms with E-state index in [1.807, 2.05) is 24.3 Å². The van der Waals surface area contributed by atoms with Gasteiger partial charge in [0.15, 0.2) is 5.78 Å². The van der Waals surface area contributed by atoms with Crippen molar-refractivity contribution in [3.8, 4) is 11.1 Å². The Morgan fingerprint density at radius 3 is 2.65 bits per heavy atom. The molecule has 0 aliphatic heterocycles. The first-order valence-corrected chi connectivity index (χ1v) is 10.3. The molecular formula is C26H22N2O3. The van der Waals surface area contributed by atoms with E-state index in [4.69, 9.17) is 5.73 Å². The van der Waals surface area contributed by atoms with E-state index < -0.39 is 4.92 Å². The fraction of sp³-hybridized carbons (Fsp3) is 0.192. The Morgan fingerprint density at radius 2 is 1.87 bits per heavy atom. The monoisotopic (exact) mass is 410 g/mol. The number of Topliss-reactive ketones (excluding diaryl/α,β-unsaturated/α-hetero) is 1. The number of allylic oxidation sites excluding steroid dienone is 4. The molecule has 0 saturated heterocycles. The van der Waals surface area contributed by atoms with Gasteiger partial charge in [-0.2, -0.15) is 0 Å². The van der Waals surface area contributed by atoms with Gasteiger partial charge in [0.1, 0.15) is 0 Å². The smallest absolute Gasteiger partial charge is 0.270 e. The van der Waals surface area contributed by atoms with Crippen molar-refractivity contribution in [2.75, 3.05) is 5.73 Å². The Labute approximate surface area is 180 Å². The zero-order valence-electron chi connectivity index (χ0n) is 17.4. The third kappa shape index (κ3) is 2.96. The van der Waals surface area contributed by atoms with Gasteiger partial charge in [-0.25, -0.2) is 0 Å². The third-order valence-electron chi connectivity index (χ3n) is 6.47. The average molecular weight is 410 g/mol. The molecule has 3 aromatic rings. The SMILES string of the molecule is CC1(C)CC=CC2=C1CC(=O)c1c2ccc2cc(N)cc(-c3cccc([N+](=O)[O-])c3)c12. The largest absolute Gasteiger partial charge is 0.399 e. The van der Waals surface area contributed by atoms with Crippen molar-refractivity contribution in [3.63, 3.8) is 0 Å². The fourth-order valence-corrected chi connectivity index (χ4v) is 4.91. The van der Waals surface area contributed by atoms with E-state index in [1.165, 1.54) is 17.7 Å². The normalized spacial score (nSPS) is 16.9. The lowest BCUT2D eigenvalue weighted by atomic mass is 9.68. The summed E-state index contributed by atoms with van der Waals surface area (Å²) in [6.07, 6.45) is 5.60. The maximum atomic E-state index is 13.5. The van der Waals surface area contributed by atoms with Gasteiger partial charge in [0.05, 0.1) is 4.92 Å². The molecule has 2 N–H and O–H groups in total. The van der Waals surface area contributed by atoms with Gasteiger partial charge in [-0.05, 0) is 57.2 Å². The summed E-state index contributed by atoms with van der Waals surface area (Å²) in [7, 11) is 0. The van der Waals surface area contributed by atoms with Gasteiger partial charge in [-0.3, -0.25) is 14.9 Å². The molecule has 0 bridgehead atoms. The summed E-state index contributed by atoms with van der Waals surface area (Å²) in [6.45, 7) is 4.36. The number of nitro benzene ring substituents is 1. The Balaban J connectivity index is 1.86. The number of fused-ring (bicyclic) bond motifs is 4. The minimum Gasteiger partial charge on any atom is -0.399 e. The number of anilines is 1. The van der Waals surface area contributed by atoms with Crippen LogP contribution in [0, 0.1) is 15.5 Å². The van der Waals surface area contributed by atoms with Crippen LogP contribution >= 0.6 is 0 Å². The summed E-state index contributed by atoms with van der Waals surface area (Å²) in [4.78, 5) is 24.4. The highest BCUT2D eigenvalue weighted by molar-refractivity contribution is 6.19. The van der Waals surface area contributed by atoms with Gasteiger partial charge in [0.25, 0.3) is 5.69 Å². The maximum absolute atomic E-state index is 13.5. The van der Waals surface area contributed by atoms with Gasteiger partial charge < -0.3 is 5.73 Å². The molecule has 0 spiro atoms. The first-order valence-electron chi connectivity index (χ1n) is 10.3. The molecule has 2 aliphatic rings. The average Bonchev–Trinajstić information content (AvgIpc) is 2.73. The Hall–Kier alpha value is -3.73. The van der Waals surface area contributed by atoms with Crippen LogP contribution in [0.5, 0.6) is 0 Å². The summed E-state index contributed by atoms with van der Waals surface area (Å²) in [5.41, 5.74) is 12.0. The first kappa shape index (κ1) is 19.2. The van der Waals surface area contributed by atoms with Crippen LogP contribution < -0.4 is 5.73 Å². The van der Waals surface area contributed by atoms with Crippen LogP contribution in [-0.4, -0.2) is 10.7 Å². The molecule has 0 atom stereocenters. The Morgan fingerprint density at radius 1 is 1.06 bits per heavy atom. The number of nitrogen functional groups attached to an aromatic ring is 1. The number of hydrogen-bond acceptors (Lipinski definition) is 4. The van der Waals surface area contributed by atoms with Crippen molar-refractivity contribution >= 4 is 33.5 Å². The molecule has 31 heavy (non-hydrogen) atoms. The van der Waals surface area contributed by atoms with Gasteiger partial charge in [-0.15, -0.1) is 0 Å². The topological polar surface area (TPSA) is 86.2 Å². The van der Waals surface area contributed by atoms with Crippen molar-refractivity contribution in [1.29, 1.82) is 0 Å². The molecule has 5 rings (SSSR count). The summed E-state index contributed by atoms with van der Waals surface area (Å²) in [5.74, 6) is 0.0826. The number of carbonyl (C=O) groups excluding carboxylic acids is 1. The standard InChI is InChI=1S/C26H22N2O3/c1-26(2)10-4-7-19-20-9-8-16-11-17(27)13-21(15-5-3-6-18(12-15)28(30)31)24(16)25(20)23(29)14-22(19)26/h3-9,11-13H,10,14,27H2,1-2H3. The number of benzene rings is 3. The van der Waals surface area contributed by atoms with Crippen LogP contribution in [0.1, 0.15) is 42.6 Å². The number of rotatable bonds is 2. The highest BCUT2D eigenvalue weighted by Gasteiger charge is 2.35. The summed E-state index contributed by atoms with van der Waals surface area (Å²) in [5, 5.41) is 13.0. The van der Waals surface area contributed by atoms with E-state index in [9.17, 15) is 14.9 Å². The number of hydrogen-bond donors (Lipinski definition) is 1. The number of ketones is 1. The first-order chi connectivity index (χ1) is 14.8. The molecule has 0 heterocycles. The van der Waals surface area contributed by atoms with Crippen LogP contribution in [0.15, 0.2) is 66.3 Å². The van der Waals surface area contributed by atoms with Gasteiger partial charge in [0.2, 0.25) is 0 Å². The summed E-state index contributed by atoms with van der Waals surface area (Å²) >= 11 is 0. The number of nitro groups is 1. The van der Waals surface area contributed by atoms with Gasteiger partial charge in [-0.1, -0.05) is 50.3 Å². The molecule has 5 nitrogen and oxygen atoms in total. The molecule has 0 radical (unpaired) electrons. The summed E-state index contributed by atoms with van der Waals surface area (Å²) in [6, 6.07) is 14.1. The van der Waals surface area contributed by atoms with Gasteiger partial charge in [0, 0.05) is 35.2 Å². The zero-order chi connectivity index (χ0) is 21.9. The molecule has 0 amide bonds. The zero-order valence-corrected chi connectivity index (χ0v) is 17.4. The summed E-state index contributed by atoms with van der Waals surface area (Å²) < 4.78 is 0. The Kier molecular flexibility index (Phi) is 4.12. The highest BCUT2D eigenvalue weighted by atomic mass is 16.6. The molecule has 0 aromatic heterocycles. The molecule has 3 aromatic carbocycles. The highest BCUT2D eigenvalue weighted by Crippen LogP contribution is 2.48. The second-order valence-corrected chi connectivity index (χ2v) is 8.94. The number of carbonyl (C=O) groups is 1.